The molecule has 0 saturated carbocycles. The second-order valence-corrected chi connectivity index (χ2v) is 4.86. The zero-order valence-electron chi connectivity index (χ0n) is 11.2. The summed E-state index contributed by atoms with van der Waals surface area (Å²) < 4.78 is 4.58. The lowest BCUT2D eigenvalue weighted by Crippen LogP contribution is -2.40. The molecule has 0 aliphatic carbocycles. The summed E-state index contributed by atoms with van der Waals surface area (Å²) in [6.07, 6.45) is 1.74. The normalized spacial score (nSPS) is 21.0. The number of ether oxygens (including phenoxy) is 1. The molecular weight excluding hydrogens is 246 g/mol. The molecule has 2 unspecified atom stereocenters. The van der Waals surface area contributed by atoms with E-state index in [4.69, 9.17) is 0 Å². The molecule has 0 radical (unpaired) electrons. The molecule has 2 rings (SSSR count). The summed E-state index contributed by atoms with van der Waals surface area (Å²) in [5.74, 6) is 0.508. The van der Waals surface area contributed by atoms with E-state index < -0.39 is 5.97 Å². The van der Waals surface area contributed by atoms with E-state index in [0.717, 1.165) is 31.7 Å². The van der Waals surface area contributed by atoms with Gasteiger partial charge in [-0.1, -0.05) is 0 Å². The van der Waals surface area contributed by atoms with E-state index in [1.54, 1.807) is 12.1 Å². The van der Waals surface area contributed by atoms with Crippen LogP contribution in [0.15, 0.2) is 12.1 Å². The molecule has 0 aromatic carbocycles. The average Bonchev–Trinajstić information content (AvgIpc) is 2.46. The van der Waals surface area contributed by atoms with Gasteiger partial charge in [-0.05, 0) is 31.9 Å². The van der Waals surface area contributed by atoms with Crippen LogP contribution in [0.1, 0.15) is 30.3 Å². The summed E-state index contributed by atoms with van der Waals surface area (Å²) in [5.41, 5.74) is 0.204. The molecule has 2 atom stereocenters. The Morgan fingerprint density at radius 1 is 1.53 bits per heavy atom. The van der Waals surface area contributed by atoms with Gasteiger partial charge in [-0.25, -0.2) is 4.79 Å². The molecule has 1 aliphatic heterocycles. The second kappa shape index (κ2) is 5.97. The summed E-state index contributed by atoms with van der Waals surface area (Å²) in [6.45, 7) is 3.49. The minimum absolute atomic E-state index is 0.204. The maximum atomic E-state index is 11.3. The summed E-state index contributed by atoms with van der Waals surface area (Å²) in [5, 5.41) is 17.6. The van der Waals surface area contributed by atoms with Gasteiger partial charge in [0, 0.05) is 19.0 Å². The maximum absolute atomic E-state index is 11.3. The number of aromatic nitrogens is 2. The molecular formula is C13H19N3O3. The van der Waals surface area contributed by atoms with Gasteiger partial charge in [0.15, 0.2) is 11.5 Å². The molecule has 2 heterocycles. The van der Waals surface area contributed by atoms with Crippen molar-refractivity contribution in [3.63, 3.8) is 0 Å². The highest BCUT2D eigenvalue weighted by Gasteiger charge is 2.24. The van der Waals surface area contributed by atoms with E-state index in [1.807, 2.05) is 6.92 Å². The van der Waals surface area contributed by atoms with Crippen LogP contribution in [0.2, 0.25) is 0 Å². The van der Waals surface area contributed by atoms with Crippen molar-refractivity contribution in [2.75, 3.05) is 25.1 Å². The third kappa shape index (κ3) is 3.20. The Morgan fingerprint density at radius 3 is 2.89 bits per heavy atom. The molecule has 0 amide bonds. The first-order valence-corrected chi connectivity index (χ1v) is 6.47. The van der Waals surface area contributed by atoms with E-state index in [1.165, 1.54) is 7.11 Å². The minimum atomic E-state index is -0.487. The Balaban J connectivity index is 2.07. The molecule has 1 aliphatic rings. The lowest BCUT2D eigenvalue weighted by Gasteiger charge is -2.34. The van der Waals surface area contributed by atoms with Crippen LogP contribution >= 0.6 is 0 Å². The van der Waals surface area contributed by atoms with Crippen molar-refractivity contribution in [3.8, 4) is 0 Å². The molecule has 6 heteroatoms. The quantitative estimate of drug-likeness (QED) is 0.817. The second-order valence-electron chi connectivity index (χ2n) is 4.86. The number of esters is 1. The molecule has 0 spiro atoms. The van der Waals surface area contributed by atoms with Crippen LogP contribution in [0, 0.1) is 5.92 Å². The van der Waals surface area contributed by atoms with E-state index in [-0.39, 0.29) is 17.7 Å². The summed E-state index contributed by atoms with van der Waals surface area (Å²) in [6, 6.07) is 3.38. The van der Waals surface area contributed by atoms with Gasteiger partial charge in [0.1, 0.15) is 0 Å². The monoisotopic (exact) mass is 265 g/mol. The summed E-state index contributed by atoms with van der Waals surface area (Å²) >= 11 is 0. The smallest absolute Gasteiger partial charge is 0.358 e. The van der Waals surface area contributed by atoms with Gasteiger partial charge in [-0.3, -0.25) is 0 Å². The van der Waals surface area contributed by atoms with Crippen molar-refractivity contribution in [1.82, 2.24) is 10.2 Å². The number of carbonyl (C=O) groups is 1. The zero-order valence-corrected chi connectivity index (χ0v) is 11.2. The molecule has 6 nitrogen and oxygen atoms in total. The number of anilines is 1. The highest BCUT2D eigenvalue weighted by molar-refractivity contribution is 5.86. The Hall–Kier alpha value is -1.69. The van der Waals surface area contributed by atoms with Gasteiger partial charge in [0.05, 0.1) is 13.2 Å². The van der Waals surface area contributed by atoms with Crippen LogP contribution in [0.4, 0.5) is 5.82 Å². The van der Waals surface area contributed by atoms with Gasteiger partial charge in [0.2, 0.25) is 0 Å². The number of nitrogens with zero attached hydrogens (tertiary/aromatic N) is 3. The number of aliphatic hydroxyl groups excluding tert-OH is 1. The van der Waals surface area contributed by atoms with Crippen LogP contribution < -0.4 is 4.90 Å². The fourth-order valence-electron chi connectivity index (χ4n) is 2.32. The lowest BCUT2D eigenvalue weighted by molar-refractivity contribution is 0.0592. The molecule has 1 aromatic heterocycles. The minimum Gasteiger partial charge on any atom is -0.464 e. The molecule has 1 fully saturated rings. The van der Waals surface area contributed by atoms with Crippen molar-refractivity contribution in [2.45, 2.75) is 25.9 Å². The average molecular weight is 265 g/mol. The van der Waals surface area contributed by atoms with Crippen molar-refractivity contribution >= 4 is 11.8 Å². The predicted octanol–water partition coefficient (Wildman–Crippen LogP) is 0.860. The van der Waals surface area contributed by atoms with E-state index in [9.17, 15) is 9.90 Å². The van der Waals surface area contributed by atoms with Gasteiger partial charge in [0.25, 0.3) is 0 Å². The first kappa shape index (κ1) is 13.7. The fourth-order valence-corrected chi connectivity index (χ4v) is 2.32. The molecule has 104 valence electrons. The Bertz CT molecular complexity index is 433. The van der Waals surface area contributed by atoms with Gasteiger partial charge in [-0.15, -0.1) is 10.2 Å². The Kier molecular flexibility index (Phi) is 4.31. The number of rotatable bonds is 3. The van der Waals surface area contributed by atoms with E-state index in [2.05, 4.69) is 19.8 Å². The standard InChI is InChI=1S/C13H19N3O3/c1-9(17)10-4-3-7-16(8-10)12-6-5-11(14-15-12)13(18)19-2/h5-6,9-10,17H,3-4,7-8H2,1-2H3. The molecule has 19 heavy (non-hydrogen) atoms. The van der Waals surface area contributed by atoms with Gasteiger partial charge in [-0.2, -0.15) is 0 Å². The van der Waals surface area contributed by atoms with Crippen molar-refractivity contribution in [1.29, 1.82) is 0 Å². The largest absolute Gasteiger partial charge is 0.464 e. The number of hydrogen-bond acceptors (Lipinski definition) is 6. The van der Waals surface area contributed by atoms with E-state index >= 15 is 0 Å². The van der Waals surface area contributed by atoms with Crippen LogP contribution in [0.3, 0.4) is 0 Å². The van der Waals surface area contributed by atoms with Crippen molar-refractivity contribution < 1.29 is 14.6 Å². The zero-order chi connectivity index (χ0) is 13.8. The fraction of sp³-hybridized carbons (Fsp3) is 0.615. The Labute approximate surface area is 112 Å². The van der Waals surface area contributed by atoms with Gasteiger partial charge >= 0.3 is 5.97 Å². The van der Waals surface area contributed by atoms with Crippen LogP contribution in [0.25, 0.3) is 0 Å². The van der Waals surface area contributed by atoms with Crippen LogP contribution in [0.5, 0.6) is 0 Å². The highest BCUT2D eigenvalue weighted by atomic mass is 16.5. The number of carbonyl (C=O) groups excluding carboxylic acids is 1. The third-order valence-electron chi connectivity index (χ3n) is 3.51. The predicted molar refractivity (Wildman–Crippen MR) is 70.0 cm³/mol. The molecule has 0 bridgehead atoms. The number of hydrogen-bond donors (Lipinski definition) is 1. The van der Waals surface area contributed by atoms with Crippen molar-refractivity contribution in [2.24, 2.45) is 5.92 Å². The summed E-state index contributed by atoms with van der Waals surface area (Å²) in [4.78, 5) is 13.4. The Morgan fingerprint density at radius 2 is 2.32 bits per heavy atom. The topological polar surface area (TPSA) is 75.5 Å². The molecule has 1 saturated heterocycles. The molecule has 1 aromatic rings. The molecule has 1 N–H and O–H groups in total. The van der Waals surface area contributed by atoms with Crippen LogP contribution in [-0.2, 0) is 4.74 Å². The summed E-state index contributed by atoms with van der Waals surface area (Å²) in [7, 11) is 1.32. The first-order chi connectivity index (χ1) is 9.11. The highest BCUT2D eigenvalue weighted by Crippen LogP contribution is 2.23. The van der Waals surface area contributed by atoms with Crippen LogP contribution in [-0.4, -0.2) is 47.6 Å². The number of piperidine rings is 1. The number of aliphatic hydroxyl groups is 1. The third-order valence-corrected chi connectivity index (χ3v) is 3.51. The van der Waals surface area contributed by atoms with Gasteiger partial charge < -0.3 is 14.7 Å². The SMILES string of the molecule is COC(=O)c1ccc(N2CCCC(C(C)O)C2)nn1. The van der Waals surface area contributed by atoms with Crippen molar-refractivity contribution in [3.05, 3.63) is 17.8 Å². The van der Waals surface area contributed by atoms with E-state index in [0.29, 0.717) is 0 Å². The lowest BCUT2D eigenvalue weighted by atomic mass is 9.93. The first-order valence-electron chi connectivity index (χ1n) is 6.47. The maximum Gasteiger partial charge on any atom is 0.358 e. The number of methoxy groups -OCH3 is 1.